The molecular formula is C15H21BrN2O3. The van der Waals surface area contributed by atoms with E-state index < -0.39 is 5.60 Å². The molecule has 2 atom stereocenters. The quantitative estimate of drug-likeness (QED) is 0.775. The van der Waals surface area contributed by atoms with Gasteiger partial charge in [-0.15, -0.1) is 0 Å². The highest BCUT2D eigenvalue weighted by atomic mass is 79.9. The summed E-state index contributed by atoms with van der Waals surface area (Å²) >= 11 is 3.38. The van der Waals surface area contributed by atoms with Gasteiger partial charge in [0.05, 0.1) is 0 Å². The lowest BCUT2D eigenvalue weighted by Crippen LogP contribution is -2.36. The average molecular weight is 357 g/mol. The van der Waals surface area contributed by atoms with Gasteiger partial charge in [-0.05, 0) is 45.4 Å². The summed E-state index contributed by atoms with van der Waals surface area (Å²) < 4.78 is 6.14. The fraction of sp³-hybridized carbons (Fsp3) is 0.533. The maximum absolute atomic E-state index is 11.6. The lowest BCUT2D eigenvalue weighted by molar-refractivity contribution is 0.0522. The minimum Gasteiger partial charge on any atom is -0.508 e. The second kappa shape index (κ2) is 6.23. The van der Waals surface area contributed by atoms with Crippen LogP contribution in [-0.2, 0) is 11.3 Å². The molecule has 5 nitrogen and oxygen atoms in total. The molecule has 1 aliphatic rings. The highest BCUT2D eigenvalue weighted by Gasteiger charge is 2.38. The van der Waals surface area contributed by atoms with Crippen LogP contribution in [0.1, 0.15) is 32.8 Å². The molecule has 1 aliphatic carbocycles. The summed E-state index contributed by atoms with van der Waals surface area (Å²) in [5.74, 6) is 0.267. The first-order valence-corrected chi connectivity index (χ1v) is 7.74. The second-order valence-electron chi connectivity index (χ2n) is 6.25. The van der Waals surface area contributed by atoms with Gasteiger partial charge in [-0.25, -0.2) is 4.79 Å². The van der Waals surface area contributed by atoms with Gasteiger partial charge in [-0.3, -0.25) is 0 Å². The van der Waals surface area contributed by atoms with E-state index in [1.165, 1.54) is 0 Å². The molecule has 0 aromatic heterocycles. The number of nitrogens with one attached hydrogen (secondary N) is 2. The van der Waals surface area contributed by atoms with Crippen molar-refractivity contribution in [1.29, 1.82) is 0 Å². The van der Waals surface area contributed by atoms with Crippen LogP contribution in [0.4, 0.5) is 4.79 Å². The van der Waals surface area contributed by atoms with Crippen LogP contribution in [0.5, 0.6) is 5.75 Å². The summed E-state index contributed by atoms with van der Waals surface area (Å²) in [5, 5.41) is 15.9. The molecule has 2 rings (SSSR count). The Morgan fingerprint density at radius 1 is 1.43 bits per heavy atom. The Hall–Kier alpha value is -1.27. The van der Waals surface area contributed by atoms with Crippen molar-refractivity contribution < 1.29 is 14.6 Å². The molecule has 0 spiro atoms. The summed E-state index contributed by atoms with van der Waals surface area (Å²) in [6, 6.07) is 5.64. The van der Waals surface area contributed by atoms with Crippen molar-refractivity contribution in [3.05, 3.63) is 28.2 Å². The lowest BCUT2D eigenvalue weighted by Gasteiger charge is -2.19. The van der Waals surface area contributed by atoms with Crippen LogP contribution < -0.4 is 10.6 Å². The Kier molecular flexibility index (Phi) is 4.78. The van der Waals surface area contributed by atoms with E-state index in [0.717, 1.165) is 16.5 Å². The molecular weight excluding hydrogens is 336 g/mol. The third-order valence-electron chi connectivity index (χ3n) is 3.09. The van der Waals surface area contributed by atoms with Gasteiger partial charge in [0.15, 0.2) is 0 Å². The Morgan fingerprint density at radius 2 is 2.14 bits per heavy atom. The maximum Gasteiger partial charge on any atom is 0.407 e. The zero-order valence-electron chi connectivity index (χ0n) is 12.4. The number of carbonyl (C=O) groups excluding carboxylic acids is 1. The second-order valence-corrected chi connectivity index (χ2v) is 7.16. The number of carbonyl (C=O) groups is 1. The van der Waals surface area contributed by atoms with Crippen molar-refractivity contribution in [3.63, 3.8) is 0 Å². The molecule has 0 saturated heterocycles. The smallest absolute Gasteiger partial charge is 0.407 e. The van der Waals surface area contributed by atoms with Gasteiger partial charge in [0.2, 0.25) is 0 Å². The van der Waals surface area contributed by atoms with E-state index in [9.17, 15) is 9.90 Å². The number of phenolic OH excluding ortho intramolecular Hbond substituents is 1. The molecule has 2 unspecified atom stereocenters. The summed E-state index contributed by atoms with van der Waals surface area (Å²) in [7, 11) is 0. The highest BCUT2D eigenvalue weighted by Crippen LogP contribution is 2.25. The fourth-order valence-electron chi connectivity index (χ4n) is 1.98. The van der Waals surface area contributed by atoms with Gasteiger partial charge in [-0.1, -0.05) is 15.9 Å². The summed E-state index contributed by atoms with van der Waals surface area (Å²) in [5.41, 5.74) is 0.344. The molecule has 0 heterocycles. The SMILES string of the molecule is CC(C)(C)OC(=O)NC1CC1NCc1cc(Br)ccc1O. The van der Waals surface area contributed by atoms with Crippen molar-refractivity contribution in [2.45, 2.75) is 51.4 Å². The molecule has 0 aliphatic heterocycles. The number of halogens is 1. The molecule has 0 radical (unpaired) electrons. The van der Waals surface area contributed by atoms with E-state index in [2.05, 4.69) is 26.6 Å². The van der Waals surface area contributed by atoms with Crippen LogP contribution >= 0.6 is 15.9 Å². The third-order valence-corrected chi connectivity index (χ3v) is 3.58. The Labute approximate surface area is 133 Å². The normalized spacial score (nSPS) is 21.0. The molecule has 1 aromatic rings. The number of rotatable bonds is 4. The molecule has 116 valence electrons. The van der Waals surface area contributed by atoms with Crippen LogP contribution in [0.15, 0.2) is 22.7 Å². The number of alkyl carbamates (subject to hydrolysis) is 1. The molecule has 21 heavy (non-hydrogen) atoms. The largest absolute Gasteiger partial charge is 0.508 e. The first-order valence-electron chi connectivity index (χ1n) is 6.95. The number of amides is 1. The number of hydrogen-bond acceptors (Lipinski definition) is 4. The van der Waals surface area contributed by atoms with Crippen LogP contribution in [-0.4, -0.2) is 28.9 Å². The third kappa shape index (κ3) is 5.21. The number of aromatic hydroxyl groups is 1. The van der Waals surface area contributed by atoms with Crippen LogP contribution in [0.3, 0.4) is 0 Å². The topological polar surface area (TPSA) is 70.6 Å². The fourth-order valence-corrected chi connectivity index (χ4v) is 2.38. The van der Waals surface area contributed by atoms with Gasteiger partial charge in [0, 0.05) is 28.7 Å². The van der Waals surface area contributed by atoms with Gasteiger partial charge in [0.1, 0.15) is 11.4 Å². The van der Waals surface area contributed by atoms with E-state index in [1.54, 1.807) is 12.1 Å². The van der Waals surface area contributed by atoms with Crippen LogP contribution in [0.25, 0.3) is 0 Å². The molecule has 1 fully saturated rings. The monoisotopic (exact) mass is 356 g/mol. The van der Waals surface area contributed by atoms with Crippen molar-refractivity contribution >= 4 is 22.0 Å². The van der Waals surface area contributed by atoms with Crippen molar-refractivity contribution in [2.24, 2.45) is 0 Å². The Balaban J connectivity index is 1.75. The van der Waals surface area contributed by atoms with Crippen molar-refractivity contribution in [3.8, 4) is 5.75 Å². The van der Waals surface area contributed by atoms with E-state index >= 15 is 0 Å². The predicted molar refractivity (Wildman–Crippen MR) is 84.2 cm³/mol. The molecule has 3 N–H and O–H groups in total. The zero-order valence-corrected chi connectivity index (χ0v) is 14.0. The van der Waals surface area contributed by atoms with Gasteiger partial charge < -0.3 is 20.5 Å². The summed E-state index contributed by atoms with van der Waals surface area (Å²) in [6.07, 6.45) is 0.482. The zero-order chi connectivity index (χ0) is 15.6. The summed E-state index contributed by atoms with van der Waals surface area (Å²) in [6.45, 7) is 6.07. The first kappa shape index (κ1) is 16.1. The number of phenols is 1. The minimum absolute atomic E-state index is 0.0918. The van der Waals surface area contributed by atoms with Crippen molar-refractivity contribution in [2.75, 3.05) is 0 Å². The number of hydrogen-bond donors (Lipinski definition) is 3. The molecule has 1 aromatic carbocycles. The minimum atomic E-state index is -0.482. The van der Waals surface area contributed by atoms with E-state index in [1.807, 2.05) is 26.8 Å². The van der Waals surface area contributed by atoms with Gasteiger partial charge >= 0.3 is 6.09 Å². The molecule has 0 bridgehead atoms. The maximum atomic E-state index is 11.6. The standard InChI is InChI=1S/C15H21BrN2O3/c1-15(2,3)21-14(20)18-12-7-11(12)17-8-9-6-10(16)4-5-13(9)19/h4-6,11-12,17,19H,7-8H2,1-3H3,(H,18,20). The van der Waals surface area contributed by atoms with Crippen LogP contribution in [0, 0.1) is 0 Å². The van der Waals surface area contributed by atoms with Crippen LogP contribution in [0.2, 0.25) is 0 Å². The Morgan fingerprint density at radius 3 is 2.81 bits per heavy atom. The molecule has 1 amide bonds. The number of benzene rings is 1. The van der Waals surface area contributed by atoms with E-state index in [4.69, 9.17) is 4.74 Å². The average Bonchev–Trinajstić information content (AvgIpc) is 3.06. The van der Waals surface area contributed by atoms with Crippen molar-refractivity contribution in [1.82, 2.24) is 10.6 Å². The van der Waals surface area contributed by atoms with Gasteiger partial charge in [-0.2, -0.15) is 0 Å². The van der Waals surface area contributed by atoms with Gasteiger partial charge in [0.25, 0.3) is 0 Å². The van der Waals surface area contributed by atoms with E-state index in [-0.39, 0.29) is 23.9 Å². The predicted octanol–water partition coefficient (Wildman–Crippen LogP) is 2.91. The first-order chi connectivity index (χ1) is 9.74. The lowest BCUT2D eigenvalue weighted by atomic mass is 10.2. The molecule has 6 heteroatoms. The van der Waals surface area contributed by atoms with E-state index in [0.29, 0.717) is 6.54 Å². The molecule has 1 saturated carbocycles. The Bertz CT molecular complexity index is 528. The highest BCUT2D eigenvalue weighted by molar-refractivity contribution is 9.10. The summed E-state index contributed by atoms with van der Waals surface area (Å²) in [4.78, 5) is 11.6. The number of ether oxygens (including phenoxy) is 1.